The van der Waals surface area contributed by atoms with E-state index in [0.717, 1.165) is 11.0 Å². The van der Waals surface area contributed by atoms with Crippen molar-refractivity contribution in [1.29, 1.82) is 0 Å². The third kappa shape index (κ3) is 2.13. The Balaban J connectivity index is 2.09. The highest BCUT2D eigenvalue weighted by molar-refractivity contribution is 5.89. The van der Waals surface area contributed by atoms with Crippen LogP contribution in [0.2, 0.25) is 0 Å². The summed E-state index contributed by atoms with van der Waals surface area (Å²) in [5.41, 5.74) is 0.737. The molecule has 0 radical (unpaired) electrons. The number of aromatic nitrogens is 1. The Kier molecular flexibility index (Phi) is 3.05. The number of nitrogens with one attached hydrogen (secondary N) is 1. The van der Waals surface area contributed by atoms with Crippen LogP contribution in [0.5, 0.6) is 0 Å². The first-order valence-electron chi connectivity index (χ1n) is 5.03. The predicted octanol–water partition coefficient (Wildman–Crippen LogP) is 1.80. The second kappa shape index (κ2) is 4.65. The number of anilines is 1. The summed E-state index contributed by atoms with van der Waals surface area (Å²) < 4.78 is 10.0. The molecule has 0 aliphatic carbocycles. The lowest BCUT2D eigenvalue weighted by molar-refractivity contribution is -0.140. The van der Waals surface area contributed by atoms with E-state index in [4.69, 9.17) is 9.15 Å². The minimum absolute atomic E-state index is 0.102. The summed E-state index contributed by atoms with van der Waals surface area (Å²) in [6, 6.07) is 3.57. The number of esters is 1. The van der Waals surface area contributed by atoms with Crippen molar-refractivity contribution < 1.29 is 13.9 Å². The normalized spacial score (nSPS) is 10.3. The van der Waals surface area contributed by atoms with Crippen LogP contribution in [0, 0.1) is 0 Å². The van der Waals surface area contributed by atoms with Gasteiger partial charge in [0.05, 0.1) is 18.3 Å². The van der Waals surface area contributed by atoms with Gasteiger partial charge in [0.1, 0.15) is 17.9 Å². The van der Waals surface area contributed by atoms with Crippen LogP contribution < -0.4 is 5.32 Å². The van der Waals surface area contributed by atoms with Crippen molar-refractivity contribution in [3.8, 4) is 0 Å². The van der Waals surface area contributed by atoms with Crippen LogP contribution in [0.3, 0.4) is 0 Å². The molecule has 0 bridgehead atoms. The second-order valence-electron chi connectivity index (χ2n) is 3.15. The fraction of sp³-hybridized carbons (Fsp3) is 0.273. The number of hydrogen-bond donors (Lipinski definition) is 1. The second-order valence-corrected chi connectivity index (χ2v) is 3.15. The monoisotopic (exact) mass is 220 g/mol. The van der Waals surface area contributed by atoms with Crippen molar-refractivity contribution in [2.24, 2.45) is 0 Å². The molecule has 84 valence electrons. The average molecular weight is 220 g/mol. The molecule has 0 saturated heterocycles. The zero-order valence-electron chi connectivity index (χ0n) is 8.90. The van der Waals surface area contributed by atoms with Gasteiger partial charge in [0.2, 0.25) is 0 Å². The van der Waals surface area contributed by atoms with Gasteiger partial charge in [-0.1, -0.05) is 0 Å². The van der Waals surface area contributed by atoms with E-state index in [1.54, 1.807) is 31.5 Å². The Labute approximate surface area is 92.4 Å². The molecule has 2 aromatic heterocycles. The largest absolute Gasteiger partial charge is 0.465 e. The minimum Gasteiger partial charge on any atom is -0.465 e. The van der Waals surface area contributed by atoms with Crippen LogP contribution in [0.1, 0.15) is 6.92 Å². The number of ether oxygens (including phenoxy) is 1. The van der Waals surface area contributed by atoms with Gasteiger partial charge in [-0.25, -0.2) is 4.98 Å². The van der Waals surface area contributed by atoms with Gasteiger partial charge in [0.15, 0.2) is 0 Å². The van der Waals surface area contributed by atoms with Gasteiger partial charge in [-0.15, -0.1) is 0 Å². The number of furan rings is 1. The van der Waals surface area contributed by atoms with Crippen molar-refractivity contribution in [1.82, 2.24) is 4.98 Å². The smallest absolute Gasteiger partial charge is 0.325 e. The van der Waals surface area contributed by atoms with E-state index >= 15 is 0 Å². The maximum Gasteiger partial charge on any atom is 0.325 e. The molecule has 0 fully saturated rings. The number of pyridine rings is 1. The lowest BCUT2D eigenvalue weighted by Crippen LogP contribution is -2.17. The van der Waals surface area contributed by atoms with Gasteiger partial charge in [-0.2, -0.15) is 0 Å². The highest BCUT2D eigenvalue weighted by Crippen LogP contribution is 2.21. The van der Waals surface area contributed by atoms with Crippen LogP contribution in [-0.2, 0) is 9.53 Å². The van der Waals surface area contributed by atoms with Crippen LogP contribution in [0.4, 0.5) is 5.82 Å². The number of rotatable bonds is 4. The first kappa shape index (κ1) is 10.5. The lowest BCUT2D eigenvalue weighted by atomic mass is 10.3. The van der Waals surface area contributed by atoms with Crippen molar-refractivity contribution in [2.75, 3.05) is 18.5 Å². The molecule has 0 spiro atoms. The molecular formula is C11H12N2O3. The molecule has 2 rings (SSSR count). The summed E-state index contributed by atoms with van der Waals surface area (Å²) in [4.78, 5) is 15.3. The SMILES string of the molecule is CCOC(=O)CNc1nccc2occc12. The molecule has 16 heavy (non-hydrogen) atoms. The number of fused-ring (bicyclic) bond motifs is 1. The molecule has 5 nitrogen and oxygen atoms in total. The van der Waals surface area contributed by atoms with Crippen LogP contribution >= 0.6 is 0 Å². The summed E-state index contributed by atoms with van der Waals surface area (Å²) in [5.74, 6) is 0.323. The van der Waals surface area contributed by atoms with E-state index < -0.39 is 0 Å². The number of hydrogen-bond acceptors (Lipinski definition) is 5. The molecule has 1 N–H and O–H groups in total. The molecule has 2 heterocycles. The highest BCUT2D eigenvalue weighted by atomic mass is 16.5. The van der Waals surface area contributed by atoms with E-state index in [2.05, 4.69) is 10.3 Å². The van der Waals surface area contributed by atoms with Crippen LogP contribution in [-0.4, -0.2) is 24.1 Å². The zero-order chi connectivity index (χ0) is 11.4. The van der Waals surface area contributed by atoms with Gasteiger partial charge >= 0.3 is 5.97 Å². The molecule has 0 aromatic carbocycles. The van der Waals surface area contributed by atoms with Gasteiger partial charge < -0.3 is 14.5 Å². The third-order valence-electron chi connectivity index (χ3n) is 2.09. The summed E-state index contributed by atoms with van der Waals surface area (Å²) in [7, 11) is 0. The molecule has 5 heteroatoms. The molecule has 0 atom stereocenters. The van der Waals surface area contributed by atoms with Crippen LogP contribution in [0.15, 0.2) is 29.0 Å². The quantitative estimate of drug-likeness (QED) is 0.796. The molecular weight excluding hydrogens is 208 g/mol. The molecule has 0 aliphatic rings. The third-order valence-corrected chi connectivity index (χ3v) is 2.09. The highest BCUT2D eigenvalue weighted by Gasteiger charge is 2.06. The van der Waals surface area contributed by atoms with Crippen molar-refractivity contribution in [3.05, 3.63) is 24.6 Å². The number of nitrogens with zero attached hydrogens (tertiary/aromatic N) is 1. The van der Waals surface area contributed by atoms with E-state index in [1.807, 2.05) is 0 Å². The van der Waals surface area contributed by atoms with E-state index in [-0.39, 0.29) is 12.5 Å². The Hall–Kier alpha value is -2.04. The van der Waals surface area contributed by atoms with Gasteiger partial charge in [-0.05, 0) is 19.1 Å². The maximum absolute atomic E-state index is 11.2. The van der Waals surface area contributed by atoms with Crippen LogP contribution in [0.25, 0.3) is 11.0 Å². The molecule has 0 amide bonds. The summed E-state index contributed by atoms with van der Waals surface area (Å²) in [6.07, 6.45) is 3.21. The Morgan fingerprint density at radius 3 is 3.25 bits per heavy atom. The van der Waals surface area contributed by atoms with Gasteiger partial charge in [0, 0.05) is 6.20 Å². The molecule has 0 unspecified atom stereocenters. The topological polar surface area (TPSA) is 64.4 Å². The summed E-state index contributed by atoms with van der Waals surface area (Å²) >= 11 is 0. The summed E-state index contributed by atoms with van der Waals surface area (Å²) in [5, 5.41) is 3.77. The van der Waals surface area contributed by atoms with Gasteiger partial charge in [0.25, 0.3) is 0 Å². The Bertz CT molecular complexity index is 493. The fourth-order valence-electron chi connectivity index (χ4n) is 1.40. The molecule has 2 aromatic rings. The zero-order valence-corrected chi connectivity index (χ0v) is 8.90. The Morgan fingerprint density at radius 2 is 2.44 bits per heavy atom. The molecule has 0 aliphatic heterocycles. The predicted molar refractivity (Wildman–Crippen MR) is 59.1 cm³/mol. The number of carbonyl (C=O) groups is 1. The minimum atomic E-state index is -0.301. The van der Waals surface area contributed by atoms with Gasteiger partial charge in [-0.3, -0.25) is 4.79 Å². The Morgan fingerprint density at radius 1 is 1.56 bits per heavy atom. The first-order chi connectivity index (χ1) is 7.81. The van der Waals surface area contributed by atoms with Crippen molar-refractivity contribution >= 4 is 22.8 Å². The van der Waals surface area contributed by atoms with E-state index in [9.17, 15) is 4.79 Å². The van der Waals surface area contributed by atoms with Crippen molar-refractivity contribution in [2.45, 2.75) is 6.92 Å². The first-order valence-corrected chi connectivity index (χ1v) is 5.03. The fourth-order valence-corrected chi connectivity index (χ4v) is 1.40. The summed E-state index contributed by atoms with van der Waals surface area (Å²) in [6.45, 7) is 2.25. The lowest BCUT2D eigenvalue weighted by Gasteiger charge is -2.05. The molecule has 0 saturated carbocycles. The number of carbonyl (C=O) groups excluding carboxylic acids is 1. The van der Waals surface area contributed by atoms with E-state index in [1.165, 1.54) is 0 Å². The standard InChI is InChI=1S/C11H12N2O3/c1-2-15-10(14)7-13-11-8-4-6-16-9(8)3-5-12-11/h3-6H,2,7H2,1H3,(H,12,13). The average Bonchev–Trinajstić information content (AvgIpc) is 2.75. The van der Waals surface area contributed by atoms with Crippen molar-refractivity contribution in [3.63, 3.8) is 0 Å². The van der Waals surface area contributed by atoms with E-state index in [0.29, 0.717) is 12.4 Å². The maximum atomic E-state index is 11.2.